The Morgan fingerprint density at radius 2 is 0.975 bits per heavy atom. The molecule has 1 nitrogen and oxygen atoms in total. The summed E-state index contributed by atoms with van der Waals surface area (Å²) in [4.78, 5) is 0. The number of hydrogen-bond acceptors (Lipinski definition) is 1. The molecule has 0 fully saturated rings. The van der Waals surface area contributed by atoms with Gasteiger partial charge in [-0.2, -0.15) is 0 Å². The minimum atomic E-state index is 0.590. The standard InChI is InChI=1S/C39H36O/c1-4-27-15-9-12-20-33(27)37-25-32-23-29-17-7-8-18-30(29)24-36(32)38(35-22-14-11-19-31(35)26-40-6-3)39(37)34-21-13-10-16-28(34)5-2/h7-25H,4-6,26H2,1-3H3. The lowest BCUT2D eigenvalue weighted by atomic mass is 9.80. The van der Waals surface area contributed by atoms with Gasteiger partial charge < -0.3 is 4.74 Å². The maximum absolute atomic E-state index is 6.01. The quantitative estimate of drug-likeness (QED) is 0.181. The van der Waals surface area contributed by atoms with Crippen LogP contribution in [0.3, 0.4) is 0 Å². The molecule has 1 heteroatoms. The Bertz CT molecular complexity index is 1810. The molecule has 0 aromatic heterocycles. The van der Waals surface area contributed by atoms with Crippen molar-refractivity contribution in [1.29, 1.82) is 0 Å². The highest BCUT2D eigenvalue weighted by Crippen LogP contribution is 2.48. The lowest BCUT2D eigenvalue weighted by Gasteiger charge is -2.24. The summed E-state index contributed by atoms with van der Waals surface area (Å²) in [5.41, 5.74) is 11.7. The first-order valence-corrected chi connectivity index (χ1v) is 14.6. The summed E-state index contributed by atoms with van der Waals surface area (Å²) >= 11 is 0. The molecule has 0 amide bonds. The number of aryl methyl sites for hydroxylation is 2. The zero-order valence-electron chi connectivity index (χ0n) is 23.7. The van der Waals surface area contributed by atoms with E-state index in [9.17, 15) is 0 Å². The minimum Gasteiger partial charge on any atom is -0.377 e. The highest BCUT2D eigenvalue weighted by Gasteiger charge is 2.22. The average Bonchev–Trinajstić information content (AvgIpc) is 3.02. The molecule has 40 heavy (non-hydrogen) atoms. The number of fused-ring (bicyclic) bond motifs is 2. The van der Waals surface area contributed by atoms with Crippen molar-refractivity contribution in [3.63, 3.8) is 0 Å². The summed E-state index contributed by atoms with van der Waals surface area (Å²) < 4.78 is 6.01. The predicted octanol–water partition coefficient (Wildman–Crippen LogP) is 10.7. The molecule has 0 unspecified atom stereocenters. The van der Waals surface area contributed by atoms with Crippen LogP contribution in [0.15, 0.2) is 115 Å². The third kappa shape index (κ3) is 4.72. The van der Waals surface area contributed by atoms with Crippen molar-refractivity contribution in [1.82, 2.24) is 0 Å². The van der Waals surface area contributed by atoms with E-state index in [0.29, 0.717) is 13.2 Å². The van der Waals surface area contributed by atoms with Crippen LogP contribution in [-0.4, -0.2) is 6.61 Å². The topological polar surface area (TPSA) is 9.23 Å². The normalized spacial score (nSPS) is 11.4. The summed E-state index contributed by atoms with van der Waals surface area (Å²) in [7, 11) is 0. The van der Waals surface area contributed by atoms with Crippen molar-refractivity contribution >= 4 is 21.5 Å². The second-order valence-corrected chi connectivity index (χ2v) is 10.4. The van der Waals surface area contributed by atoms with Gasteiger partial charge in [0, 0.05) is 6.61 Å². The van der Waals surface area contributed by atoms with Crippen LogP contribution in [0.5, 0.6) is 0 Å². The Labute approximate surface area is 238 Å². The molecule has 6 aromatic carbocycles. The van der Waals surface area contributed by atoms with Gasteiger partial charge in [-0.15, -0.1) is 0 Å². The molecular formula is C39H36O. The van der Waals surface area contributed by atoms with Crippen LogP contribution < -0.4 is 0 Å². The van der Waals surface area contributed by atoms with Crippen molar-refractivity contribution in [2.24, 2.45) is 0 Å². The molecule has 0 atom stereocenters. The summed E-state index contributed by atoms with van der Waals surface area (Å²) in [6.45, 7) is 7.86. The number of hydrogen-bond donors (Lipinski definition) is 0. The molecule has 0 aliphatic rings. The van der Waals surface area contributed by atoms with Gasteiger partial charge in [-0.25, -0.2) is 0 Å². The van der Waals surface area contributed by atoms with Gasteiger partial charge in [0.2, 0.25) is 0 Å². The van der Waals surface area contributed by atoms with E-state index in [1.807, 2.05) is 0 Å². The van der Waals surface area contributed by atoms with E-state index in [-0.39, 0.29) is 0 Å². The monoisotopic (exact) mass is 520 g/mol. The van der Waals surface area contributed by atoms with E-state index in [4.69, 9.17) is 4.74 Å². The smallest absolute Gasteiger partial charge is 0.0722 e. The first-order chi connectivity index (χ1) is 19.7. The summed E-state index contributed by atoms with van der Waals surface area (Å²) in [5, 5.41) is 5.06. The number of ether oxygens (including phenoxy) is 1. The first-order valence-electron chi connectivity index (χ1n) is 14.6. The van der Waals surface area contributed by atoms with E-state index in [1.165, 1.54) is 71.6 Å². The lowest BCUT2D eigenvalue weighted by molar-refractivity contribution is 0.134. The molecule has 0 aliphatic heterocycles. The van der Waals surface area contributed by atoms with E-state index in [1.54, 1.807) is 0 Å². The SMILES string of the molecule is CCOCc1ccccc1-c1c(-c2ccccc2CC)c(-c2ccccc2CC)cc2cc3ccccc3cc12. The lowest BCUT2D eigenvalue weighted by Crippen LogP contribution is -2.00. The molecule has 0 saturated heterocycles. The molecule has 0 radical (unpaired) electrons. The van der Waals surface area contributed by atoms with Crippen molar-refractivity contribution < 1.29 is 4.74 Å². The molecule has 0 bridgehead atoms. The van der Waals surface area contributed by atoms with Gasteiger partial charge in [-0.05, 0) is 110 Å². The summed E-state index contributed by atoms with van der Waals surface area (Å²) in [6.07, 6.45) is 1.96. The maximum atomic E-state index is 6.01. The molecule has 0 spiro atoms. The Morgan fingerprint density at radius 1 is 0.450 bits per heavy atom. The highest BCUT2D eigenvalue weighted by atomic mass is 16.5. The first kappa shape index (κ1) is 26.0. The fourth-order valence-electron chi connectivity index (χ4n) is 6.13. The van der Waals surface area contributed by atoms with Gasteiger partial charge in [0.05, 0.1) is 6.61 Å². The van der Waals surface area contributed by atoms with Gasteiger partial charge in [0.1, 0.15) is 0 Å². The second kappa shape index (κ2) is 11.5. The Morgan fingerprint density at radius 3 is 1.62 bits per heavy atom. The molecular weight excluding hydrogens is 484 g/mol. The third-order valence-electron chi connectivity index (χ3n) is 8.11. The second-order valence-electron chi connectivity index (χ2n) is 10.4. The Kier molecular flexibility index (Phi) is 7.49. The van der Waals surface area contributed by atoms with Gasteiger partial charge in [-0.1, -0.05) is 111 Å². The van der Waals surface area contributed by atoms with Crippen LogP contribution in [0.4, 0.5) is 0 Å². The fourth-order valence-corrected chi connectivity index (χ4v) is 6.13. The van der Waals surface area contributed by atoms with E-state index in [0.717, 1.165) is 12.8 Å². The van der Waals surface area contributed by atoms with E-state index >= 15 is 0 Å². The van der Waals surface area contributed by atoms with Crippen LogP contribution in [0, 0.1) is 0 Å². The van der Waals surface area contributed by atoms with Crippen molar-refractivity contribution in [3.8, 4) is 33.4 Å². The molecule has 0 aliphatic carbocycles. The Balaban J connectivity index is 1.85. The molecule has 6 aromatic rings. The van der Waals surface area contributed by atoms with Gasteiger partial charge in [-0.3, -0.25) is 0 Å². The maximum Gasteiger partial charge on any atom is 0.0722 e. The third-order valence-corrected chi connectivity index (χ3v) is 8.11. The molecule has 0 heterocycles. The van der Waals surface area contributed by atoms with Crippen LogP contribution in [0.25, 0.3) is 54.9 Å². The molecule has 198 valence electrons. The molecule has 0 N–H and O–H groups in total. The fraction of sp³-hybridized carbons (Fsp3) is 0.179. The zero-order valence-corrected chi connectivity index (χ0v) is 23.7. The average molecular weight is 521 g/mol. The largest absolute Gasteiger partial charge is 0.377 e. The van der Waals surface area contributed by atoms with Gasteiger partial charge >= 0.3 is 0 Å². The van der Waals surface area contributed by atoms with Crippen molar-refractivity contribution in [2.45, 2.75) is 40.2 Å². The minimum absolute atomic E-state index is 0.590. The van der Waals surface area contributed by atoms with Crippen molar-refractivity contribution in [3.05, 3.63) is 132 Å². The Hall–Kier alpha value is -4.20. The zero-order chi connectivity index (χ0) is 27.5. The predicted molar refractivity (Wildman–Crippen MR) is 172 cm³/mol. The number of benzene rings is 6. The van der Waals surface area contributed by atoms with E-state index < -0.39 is 0 Å². The van der Waals surface area contributed by atoms with Crippen molar-refractivity contribution in [2.75, 3.05) is 6.61 Å². The number of rotatable bonds is 8. The highest BCUT2D eigenvalue weighted by molar-refractivity contribution is 6.14. The summed E-state index contributed by atoms with van der Waals surface area (Å²) in [5.74, 6) is 0. The molecule has 0 saturated carbocycles. The molecule has 6 rings (SSSR count). The van der Waals surface area contributed by atoms with E-state index in [2.05, 4.69) is 136 Å². The van der Waals surface area contributed by atoms with Crippen LogP contribution in [-0.2, 0) is 24.2 Å². The van der Waals surface area contributed by atoms with Gasteiger partial charge in [0.15, 0.2) is 0 Å². The summed E-state index contributed by atoms with van der Waals surface area (Å²) in [6, 6.07) is 42.6. The van der Waals surface area contributed by atoms with Crippen LogP contribution in [0.2, 0.25) is 0 Å². The van der Waals surface area contributed by atoms with Gasteiger partial charge in [0.25, 0.3) is 0 Å². The van der Waals surface area contributed by atoms with Crippen LogP contribution in [0.1, 0.15) is 37.5 Å². The van der Waals surface area contributed by atoms with Crippen LogP contribution >= 0.6 is 0 Å².